The first-order chi connectivity index (χ1) is 13.6. The molecule has 1 aromatic heterocycles. The molecule has 0 aliphatic heterocycles. The van der Waals surface area contributed by atoms with Crippen LogP contribution in [0.2, 0.25) is 10.0 Å². The van der Waals surface area contributed by atoms with Gasteiger partial charge in [0.1, 0.15) is 0 Å². The average Bonchev–Trinajstić information content (AvgIpc) is 2.99. The quantitative estimate of drug-likeness (QED) is 0.336. The second-order valence-corrected chi connectivity index (χ2v) is 7.30. The van der Waals surface area contributed by atoms with Crippen LogP contribution in [0.25, 0.3) is 21.8 Å². The molecule has 0 bridgehead atoms. The highest BCUT2D eigenvalue weighted by Gasteiger charge is 2.12. The van der Waals surface area contributed by atoms with Gasteiger partial charge >= 0.3 is 0 Å². The number of amides is 1. The molecule has 6 heteroatoms. The Hall–Kier alpha value is -2.82. The summed E-state index contributed by atoms with van der Waals surface area (Å²) in [6.07, 6.45) is 1.93. The second kappa shape index (κ2) is 8.05. The standard InChI is InChI=1S/C22H17Cl2N3O/c23-16-6-8-20-18(12-16)19-13-17(24)7-9-21(19)27(20)11-10-22(28)26-25-14-15-4-2-1-3-5-15/h1-9,12-14H,10-11H2,(H,26,28). The lowest BCUT2D eigenvalue weighted by atomic mass is 10.1. The van der Waals surface area contributed by atoms with Gasteiger partial charge in [-0.05, 0) is 42.0 Å². The van der Waals surface area contributed by atoms with Crippen molar-refractivity contribution in [3.05, 3.63) is 82.3 Å². The Bertz CT molecular complexity index is 1120. The monoisotopic (exact) mass is 409 g/mol. The highest BCUT2D eigenvalue weighted by atomic mass is 35.5. The molecule has 1 amide bonds. The molecular formula is C22H17Cl2N3O. The van der Waals surface area contributed by atoms with Gasteiger partial charge in [0.25, 0.3) is 0 Å². The molecule has 0 radical (unpaired) electrons. The van der Waals surface area contributed by atoms with Gasteiger partial charge in [-0.15, -0.1) is 0 Å². The molecule has 3 aromatic carbocycles. The maximum Gasteiger partial charge on any atom is 0.241 e. The number of benzene rings is 3. The van der Waals surface area contributed by atoms with Crippen LogP contribution in [0, 0.1) is 0 Å². The average molecular weight is 410 g/mol. The first-order valence-electron chi connectivity index (χ1n) is 8.86. The number of fused-ring (bicyclic) bond motifs is 3. The Balaban J connectivity index is 1.54. The van der Waals surface area contributed by atoms with Gasteiger partial charge in [0.15, 0.2) is 0 Å². The van der Waals surface area contributed by atoms with Crippen molar-refractivity contribution in [2.45, 2.75) is 13.0 Å². The van der Waals surface area contributed by atoms with Crippen LogP contribution in [0.4, 0.5) is 0 Å². The minimum absolute atomic E-state index is 0.148. The molecule has 4 rings (SSSR count). The summed E-state index contributed by atoms with van der Waals surface area (Å²) >= 11 is 12.4. The molecule has 4 nitrogen and oxygen atoms in total. The van der Waals surface area contributed by atoms with Crippen molar-refractivity contribution in [2.75, 3.05) is 0 Å². The van der Waals surface area contributed by atoms with E-state index in [1.165, 1.54) is 0 Å². The summed E-state index contributed by atoms with van der Waals surface area (Å²) < 4.78 is 2.11. The van der Waals surface area contributed by atoms with E-state index in [-0.39, 0.29) is 5.91 Å². The largest absolute Gasteiger partial charge is 0.340 e. The van der Waals surface area contributed by atoms with Crippen molar-refractivity contribution in [1.82, 2.24) is 9.99 Å². The van der Waals surface area contributed by atoms with E-state index in [9.17, 15) is 4.79 Å². The van der Waals surface area contributed by atoms with Crippen LogP contribution >= 0.6 is 23.2 Å². The topological polar surface area (TPSA) is 46.4 Å². The fourth-order valence-corrected chi connectivity index (χ4v) is 3.62. The lowest BCUT2D eigenvalue weighted by molar-refractivity contribution is -0.121. The minimum atomic E-state index is -0.148. The van der Waals surface area contributed by atoms with Crippen molar-refractivity contribution in [1.29, 1.82) is 0 Å². The smallest absolute Gasteiger partial charge is 0.241 e. The van der Waals surface area contributed by atoms with Gasteiger partial charge in [0.2, 0.25) is 5.91 Å². The zero-order valence-electron chi connectivity index (χ0n) is 14.9. The first-order valence-corrected chi connectivity index (χ1v) is 9.61. The SMILES string of the molecule is O=C(CCn1c2ccc(Cl)cc2c2cc(Cl)ccc21)NN=Cc1ccccc1. The van der Waals surface area contributed by atoms with Crippen LogP contribution in [0.1, 0.15) is 12.0 Å². The molecule has 0 aliphatic carbocycles. The number of hydrazone groups is 1. The van der Waals surface area contributed by atoms with Crippen LogP contribution in [-0.2, 0) is 11.3 Å². The van der Waals surface area contributed by atoms with Crippen molar-refractivity contribution >= 4 is 57.1 Å². The van der Waals surface area contributed by atoms with E-state index in [2.05, 4.69) is 15.1 Å². The van der Waals surface area contributed by atoms with Gasteiger partial charge in [0.05, 0.1) is 6.21 Å². The van der Waals surface area contributed by atoms with Crippen molar-refractivity contribution in [3.63, 3.8) is 0 Å². The molecule has 1 heterocycles. The summed E-state index contributed by atoms with van der Waals surface area (Å²) in [6, 6.07) is 21.1. The van der Waals surface area contributed by atoms with Gasteiger partial charge in [-0.3, -0.25) is 4.79 Å². The predicted molar refractivity (Wildman–Crippen MR) is 116 cm³/mol. The zero-order chi connectivity index (χ0) is 19.5. The highest BCUT2D eigenvalue weighted by molar-refractivity contribution is 6.33. The number of hydrogen-bond donors (Lipinski definition) is 1. The number of aromatic nitrogens is 1. The molecule has 1 N–H and O–H groups in total. The van der Waals surface area contributed by atoms with Gasteiger partial charge in [-0.2, -0.15) is 5.10 Å². The number of carbonyl (C=O) groups excluding carboxylic acids is 1. The Morgan fingerprint density at radius 1 is 0.929 bits per heavy atom. The Morgan fingerprint density at radius 2 is 1.54 bits per heavy atom. The van der Waals surface area contributed by atoms with Gasteiger partial charge < -0.3 is 4.57 Å². The highest BCUT2D eigenvalue weighted by Crippen LogP contribution is 2.32. The van der Waals surface area contributed by atoms with E-state index in [0.717, 1.165) is 27.4 Å². The number of halogens is 2. The maximum atomic E-state index is 12.2. The number of carbonyl (C=O) groups is 1. The molecule has 0 spiro atoms. The number of rotatable bonds is 5. The lowest BCUT2D eigenvalue weighted by Gasteiger charge is -2.07. The molecule has 0 fully saturated rings. The fourth-order valence-electron chi connectivity index (χ4n) is 3.28. The number of nitrogens with zero attached hydrogens (tertiary/aromatic N) is 2. The van der Waals surface area contributed by atoms with Crippen LogP contribution in [0.5, 0.6) is 0 Å². The Kier molecular flexibility index (Phi) is 5.33. The molecule has 140 valence electrons. The second-order valence-electron chi connectivity index (χ2n) is 6.43. The van der Waals surface area contributed by atoms with E-state index < -0.39 is 0 Å². The van der Waals surface area contributed by atoms with Crippen molar-refractivity contribution < 1.29 is 4.79 Å². The molecule has 0 saturated heterocycles. The maximum absolute atomic E-state index is 12.2. The van der Waals surface area contributed by atoms with Crippen LogP contribution in [0.3, 0.4) is 0 Å². The first kappa shape index (κ1) is 18.5. The van der Waals surface area contributed by atoms with Crippen LogP contribution in [-0.4, -0.2) is 16.7 Å². The molecular weight excluding hydrogens is 393 g/mol. The van der Waals surface area contributed by atoms with Crippen LogP contribution in [0.15, 0.2) is 71.8 Å². The molecule has 0 atom stereocenters. The minimum Gasteiger partial charge on any atom is -0.340 e. The van der Waals surface area contributed by atoms with Crippen molar-refractivity contribution in [3.8, 4) is 0 Å². The van der Waals surface area contributed by atoms with E-state index in [0.29, 0.717) is 23.0 Å². The molecule has 4 aromatic rings. The number of hydrogen-bond acceptors (Lipinski definition) is 2. The van der Waals surface area contributed by atoms with Crippen molar-refractivity contribution in [2.24, 2.45) is 5.10 Å². The van der Waals surface area contributed by atoms with E-state index in [1.54, 1.807) is 6.21 Å². The fraction of sp³-hybridized carbons (Fsp3) is 0.0909. The number of aryl methyl sites for hydroxylation is 1. The summed E-state index contributed by atoms with van der Waals surface area (Å²) in [5.41, 5.74) is 5.54. The summed E-state index contributed by atoms with van der Waals surface area (Å²) in [5.74, 6) is -0.148. The van der Waals surface area contributed by atoms with E-state index >= 15 is 0 Å². The Labute approximate surface area is 172 Å². The molecule has 0 saturated carbocycles. The summed E-state index contributed by atoms with van der Waals surface area (Å²) in [4.78, 5) is 12.2. The zero-order valence-corrected chi connectivity index (χ0v) is 16.4. The van der Waals surface area contributed by atoms with Gasteiger partial charge in [0, 0.05) is 44.8 Å². The van der Waals surface area contributed by atoms with Gasteiger partial charge in [-0.25, -0.2) is 5.43 Å². The van der Waals surface area contributed by atoms with E-state index in [1.807, 2.05) is 66.7 Å². The third-order valence-corrected chi connectivity index (χ3v) is 5.02. The summed E-state index contributed by atoms with van der Waals surface area (Å²) in [5, 5.41) is 7.39. The van der Waals surface area contributed by atoms with Crippen LogP contribution < -0.4 is 5.43 Å². The molecule has 0 aliphatic rings. The predicted octanol–water partition coefficient (Wildman–Crippen LogP) is 5.64. The summed E-state index contributed by atoms with van der Waals surface area (Å²) in [6.45, 7) is 0.524. The van der Waals surface area contributed by atoms with Gasteiger partial charge in [-0.1, -0.05) is 53.5 Å². The summed E-state index contributed by atoms with van der Waals surface area (Å²) in [7, 11) is 0. The third-order valence-electron chi connectivity index (χ3n) is 4.55. The molecule has 28 heavy (non-hydrogen) atoms. The molecule has 0 unspecified atom stereocenters. The third kappa shape index (κ3) is 3.88. The lowest BCUT2D eigenvalue weighted by Crippen LogP contribution is -2.19. The Morgan fingerprint density at radius 3 is 2.14 bits per heavy atom. The normalized spacial score (nSPS) is 11.5. The van der Waals surface area contributed by atoms with E-state index in [4.69, 9.17) is 23.2 Å². The number of nitrogens with one attached hydrogen (secondary N) is 1.